The van der Waals surface area contributed by atoms with Gasteiger partial charge in [-0.05, 0) is 49.1 Å². The van der Waals surface area contributed by atoms with Crippen LogP contribution in [0.15, 0.2) is 53.7 Å². The highest BCUT2D eigenvalue weighted by Gasteiger charge is 2.34. The second-order valence-electron chi connectivity index (χ2n) is 7.40. The van der Waals surface area contributed by atoms with Crippen LogP contribution in [-0.2, 0) is 10.5 Å². The molecule has 2 aromatic rings. The van der Waals surface area contributed by atoms with Gasteiger partial charge in [-0.2, -0.15) is 0 Å². The molecule has 28 heavy (non-hydrogen) atoms. The van der Waals surface area contributed by atoms with E-state index in [0.717, 1.165) is 36.6 Å². The number of rotatable bonds is 5. The number of hydrogen-bond donors (Lipinski definition) is 0. The van der Waals surface area contributed by atoms with Crippen molar-refractivity contribution >= 4 is 23.6 Å². The molecule has 0 atom stereocenters. The van der Waals surface area contributed by atoms with Crippen molar-refractivity contribution in [2.24, 2.45) is 5.92 Å². The number of carbonyl (C=O) groups excluding carboxylic acids is 2. The van der Waals surface area contributed by atoms with Gasteiger partial charge in [0, 0.05) is 49.6 Å². The Balaban J connectivity index is 1.32. The zero-order chi connectivity index (χ0) is 19.3. The van der Waals surface area contributed by atoms with E-state index in [1.807, 2.05) is 52.3 Å². The summed E-state index contributed by atoms with van der Waals surface area (Å²) in [4.78, 5) is 33.3. The smallest absolute Gasteiger partial charge is 0.253 e. The molecule has 2 heterocycles. The summed E-state index contributed by atoms with van der Waals surface area (Å²) < 4.78 is 0. The first kappa shape index (κ1) is 19.0. The van der Waals surface area contributed by atoms with Crippen LogP contribution >= 0.6 is 11.8 Å². The van der Waals surface area contributed by atoms with Gasteiger partial charge < -0.3 is 9.80 Å². The van der Waals surface area contributed by atoms with Gasteiger partial charge in [-0.1, -0.05) is 18.2 Å². The maximum absolute atomic E-state index is 12.9. The summed E-state index contributed by atoms with van der Waals surface area (Å²) in [7, 11) is 0. The first-order chi connectivity index (χ1) is 13.7. The topological polar surface area (TPSA) is 53.5 Å². The predicted molar refractivity (Wildman–Crippen MR) is 110 cm³/mol. The third kappa shape index (κ3) is 4.73. The van der Waals surface area contributed by atoms with Crippen molar-refractivity contribution < 1.29 is 9.59 Å². The Labute approximate surface area is 170 Å². The molecule has 6 heteroatoms. The van der Waals surface area contributed by atoms with Gasteiger partial charge in [0.25, 0.3) is 5.91 Å². The van der Waals surface area contributed by atoms with Crippen molar-refractivity contribution in [2.75, 3.05) is 26.2 Å². The van der Waals surface area contributed by atoms with E-state index in [1.54, 1.807) is 18.0 Å². The fourth-order valence-electron chi connectivity index (χ4n) is 3.45. The fraction of sp³-hybridized carbons (Fsp3) is 0.409. The number of amides is 2. The van der Waals surface area contributed by atoms with Crippen LogP contribution in [0.4, 0.5) is 0 Å². The molecule has 4 rings (SSSR count). The fourth-order valence-corrected chi connectivity index (χ4v) is 4.26. The van der Waals surface area contributed by atoms with E-state index >= 15 is 0 Å². The number of thioether (sulfide) groups is 1. The molecule has 0 N–H and O–H groups in total. The zero-order valence-corrected chi connectivity index (χ0v) is 16.7. The van der Waals surface area contributed by atoms with Crippen molar-refractivity contribution in [1.29, 1.82) is 0 Å². The minimum atomic E-state index is 0.0599. The number of hydrogen-bond acceptors (Lipinski definition) is 4. The second kappa shape index (κ2) is 8.78. The largest absolute Gasteiger partial charge is 0.341 e. The molecule has 146 valence electrons. The lowest BCUT2D eigenvalue weighted by Gasteiger charge is -2.22. The van der Waals surface area contributed by atoms with Gasteiger partial charge in [-0.15, -0.1) is 11.8 Å². The van der Waals surface area contributed by atoms with Crippen LogP contribution in [0.5, 0.6) is 0 Å². The van der Waals surface area contributed by atoms with E-state index < -0.39 is 0 Å². The highest BCUT2D eigenvalue weighted by Crippen LogP contribution is 2.31. The van der Waals surface area contributed by atoms with Crippen molar-refractivity contribution in [3.05, 3.63) is 59.8 Å². The second-order valence-corrected chi connectivity index (χ2v) is 8.39. The van der Waals surface area contributed by atoms with E-state index in [1.165, 1.54) is 5.56 Å². The van der Waals surface area contributed by atoms with Gasteiger partial charge in [0.15, 0.2) is 0 Å². The van der Waals surface area contributed by atoms with Gasteiger partial charge in [-0.25, -0.2) is 4.98 Å². The molecule has 1 aromatic carbocycles. The van der Waals surface area contributed by atoms with Crippen molar-refractivity contribution in [2.45, 2.75) is 30.0 Å². The number of nitrogens with zero attached hydrogens (tertiary/aromatic N) is 3. The van der Waals surface area contributed by atoms with E-state index in [0.29, 0.717) is 25.2 Å². The first-order valence-electron chi connectivity index (χ1n) is 9.91. The van der Waals surface area contributed by atoms with Crippen LogP contribution in [0.1, 0.15) is 35.2 Å². The molecule has 0 bridgehead atoms. The minimum Gasteiger partial charge on any atom is -0.341 e. The highest BCUT2D eigenvalue weighted by molar-refractivity contribution is 7.98. The lowest BCUT2D eigenvalue weighted by atomic mass is 10.1. The minimum absolute atomic E-state index is 0.0599. The van der Waals surface area contributed by atoms with Crippen LogP contribution in [0, 0.1) is 5.92 Å². The van der Waals surface area contributed by atoms with Crippen LogP contribution in [0.25, 0.3) is 0 Å². The summed E-state index contributed by atoms with van der Waals surface area (Å²) >= 11 is 1.68. The Morgan fingerprint density at radius 3 is 2.43 bits per heavy atom. The molecule has 1 saturated heterocycles. The zero-order valence-electron chi connectivity index (χ0n) is 15.9. The molecule has 0 unspecified atom stereocenters. The van der Waals surface area contributed by atoms with Crippen LogP contribution in [0.3, 0.4) is 0 Å². The maximum atomic E-state index is 12.9. The molecule has 0 spiro atoms. The Morgan fingerprint density at radius 1 is 0.964 bits per heavy atom. The van der Waals surface area contributed by atoms with Gasteiger partial charge in [0.1, 0.15) is 0 Å². The molecule has 2 aliphatic rings. The number of carbonyl (C=O) groups is 2. The van der Waals surface area contributed by atoms with E-state index in [-0.39, 0.29) is 17.7 Å². The van der Waals surface area contributed by atoms with Crippen molar-refractivity contribution in [3.8, 4) is 0 Å². The van der Waals surface area contributed by atoms with Crippen LogP contribution < -0.4 is 0 Å². The lowest BCUT2D eigenvalue weighted by molar-refractivity contribution is -0.132. The molecule has 1 aromatic heterocycles. The highest BCUT2D eigenvalue weighted by atomic mass is 32.2. The predicted octanol–water partition coefficient (Wildman–Crippen LogP) is 3.46. The first-order valence-corrected chi connectivity index (χ1v) is 10.9. The quantitative estimate of drug-likeness (QED) is 0.728. The summed E-state index contributed by atoms with van der Waals surface area (Å²) in [6.07, 6.45) is 4.71. The lowest BCUT2D eigenvalue weighted by Crippen LogP contribution is -2.37. The monoisotopic (exact) mass is 395 g/mol. The maximum Gasteiger partial charge on any atom is 0.253 e. The number of pyridine rings is 1. The SMILES string of the molecule is O=C(c1ccc(CSc2ccccn2)cc1)N1CCCN(C(=O)C2CC2)CC1. The average Bonchev–Trinajstić information content (AvgIpc) is 3.59. The Hall–Kier alpha value is -2.34. The molecule has 0 radical (unpaired) electrons. The average molecular weight is 396 g/mol. The number of aromatic nitrogens is 1. The molecular formula is C22H25N3O2S. The molecule has 1 saturated carbocycles. The van der Waals surface area contributed by atoms with Gasteiger partial charge in [0.05, 0.1) is 5.03 Å². The molecule has 2 fully saturated rings. The Kier molecular flexibility index (Phi) is 5.95. The Bertz CT molecular complexity index is 821. The van der Waals surface area contributed by atoms with Gasteiger partial charge in [0.2, 0.25) is 5.91 Å². The van der Waals surface area contributed by atoms with Crippen LogP contribution in [0.2, 0.25) is 0 Å². The summed E-state index contributed by atoms with van der Waals surface area (Å²) in [6.45, 7) is 2.75. The van der Waals surface area contributed by atoms with Gasteiger partial charge in [-0.3, -0.25) is 9.59 Å². The van der Waals surface area contributed by atoms with Crippen molar-refractivity contribution in [1.82, 2.24) is 14.8 Å². The standard InChI is InChI=1S/C22H25N3O2S/c26-21(24-12-3-13-25(15-14-24)22(27)19-9-10-19)18-7-5-17(6-8-18)16-28-20-4-1-2-11-23-20/h1-2,4-8,11,19H,3,9-10,12-16H2. The molecule has 1 aliphatic carbocycles. The third-order valence-electron chi connectivity index (χ3n) is 5.25. The Morgan fingerprint density at radius 2 is 1.71 bits per heavy atom. The summed E-state index contributed by atoms with van der Waals surface area (Å²) in [6, 6.07) is 13.8. The van der Waals surface area contributed by atoms with E-state index in [9.17, 15) is 9.59 Å². The van der Waals surface area contributed by atoms with E-state index in [2.05, 4.69) is 4.98 Å². The summed E-state index contributed by atoms with van der Waals surface area (Å²) in [5.41, 5.74) is 1.89. The molecular weight excluding hydrogens is 370 g/mol. The van der Waals surface area contributed by atoms with Crippen molar-refractivity contribution in [3.63, 3.8) is 0 Å². The molecule has 5 nitrogen and oxygen atoms in total. The normalized spacial score (nSPS) is 17.3. The van der Waals surface area contributed by atoms with Crippen LogP contribution in [-0.4, -0.2) is 52.8 Å². The summed E-state index contributed by atoms with van der Waals surface area (Å²) in [5.74, 6) is 1.42. The van der Waals surface area contributed by atoms with E-state index in [4.69, 9.17) is 0 Å². The molecule has 2 amide bonds. The molecule has 1 aliphatic heterocycles. The summed E-state index contributed by atoms with van der Waals surface area (Å²) in [5, 5.41) is 0.998. The van der Waals surface area contributed by atoms with Gasteiger partial charge >= 0.3 is 0 Å². The third-order valence-corrected chi connectivity index (χ3v) is 6.26. The number of benzene rings is 1.